The summed E-state index contributed by atoms with van der Waals surface area (Å²) in [5, 5.41) is 5.80. The fourth-order valence-corrected chi connectivity index (χ4v) is 4.07. The van der Waals surface area contributed by atoms with Crippen LogP contribution in [-0.2, 0) is 0 Å². The summed E-state index contributed by atoms with van der Waals surface area (Å²) in [6, 6.07) is 9.02. The molecule has 0 saturated heterocycles. The number of anilines is 1. The highest BCUT2D eigenvalue weighted by Crippen LogP contribution is 2.31. The first kappa shape index (κ1) is 15.5. The van der Waals surface area contributed by atoms with Gasteiger partial charge in [0, 0.05) is 10.3 Å². The van der Waals surface area contributed by atoms with Crippen molar-refractivity contribution in [2.45, 2.75) is 6.92 Å². The third-order valence-corrected chi connectivity index (χ3v) is 5.32. The summed E-state index contributed by atoms with van der Waals surface area (Å²) in [5.41, 5.74) is 1.11. The number of carbonyl (C=O) groups excluding carboxylic acids is 1. The first-order valence-electron chi connectivity index (χ1n) is 6.32. The first-order chi connectivity index (χ1) is 10.5. The first-order valence-corrected chi connectivity index (χ1v) is 8.77. The summed E-state index contributed by atoms with van der Waals surface area (Å²) in [7, 11) is 0. The molecule has 0 aliphatic rings. The predicted octanol–water partition coefficient (Wildman–Crippen LogP) is 5.74. The summed E-state index contributed by atoms with van der Waals surface area (Å²) >= 11 is 15.1. The third kappa shape index (κ3) is 3.17. The number of benzene rings is 1. The van der Waals surface area contributed by atoms with Crippen LogP contribution in [0.2, 0.25) is 10.0 Å². The Hall–Kier alpha value is -1.40. The van der Waals surface area contributed by atoms with Crippen molar-refractivity contribution in [3.8, 4) is 10.6 Å². The van der Waals surface area contributed by atoms with Gasteiger partial charge in [-0.25, -0.2) is 4.98 Å². The molecule has 0 radical (unpaired) electrons. The number of hydrogen-bond donors (Lipinski definition) is 1. The molecule has 22 heavy (non-hydrogen) atoms. The van der Waals surface area contributed by atoms with Gasteiger partial charge in [0.25, 0.3) is 5.91 Å². The van der Waals surface area contributed by atoms with Gasteiger partial charge in [-0.15, -0.1) is 22.7 Å². The molecule has 7 heteroatoms. The third-order valence-electron chi connectivity index (χ3n) is 2.91. The van der Waals surface area contributed by atoms with Crippen molar-refractivity contribution >= 4 is 56.9 Å². The van der Waals surface area contributed by atoms with Crippen LogP contribution in [0.1, 0.15) is 15.2 Å². The molecule has 0 unspecified atom stereocenters. The van der Waals surface area contributed by atoms with Crippen molar-refractivity contribution in [2.75, 3.05) is 5.32 Å². The van der Waals surface area contributed by atoms with Gasteiger partial charge in [-0.05, 0) is 31.2 Å². The summed E-state index contributed by atoms with van der Waals surface area (Å²) < 4.78 is 0. The van der Waals surface area contributed by atoms with Gasteiger partial charge < -0.3 is 0 Å². The average molecular weight is 369 g/mol. The van der Waals surface area contributed by atoms with E-state index in [-0.39, 0.29) is 11.5 Å². The predicted molar refractivity (Wildman–Crippen MR) is 94.6 cm³/mol. The second-order valence-corrected chi connectivity index (χ2v) is 7.46. The second-order valence-electron chi connectivity index (χ2n) is 4.50. The zero-order valence-corrected chi connectivity index (χ0v) is 14.5. The average Bonchev–Trinajstić information content (AvgIpc) is 3.07. The Morgan fingerprint density at radius 1 is 1.18 bits per heavy atom. The van der Waals surface area contributed by atoms with Gasteiger partial charge in [0.2, 0.25) is 0 Å². The minimum Gasteiger partial charge on any atom is -0.298 e. The Labute approximate surface area is 145 Å². The lowest BCUT2D eigenvalue weighted by atomic mass is 10.2. The Balaban J connectivity index is 1.82. The summed E-state index contributed by atoms with van der Waals surface area (Å²) in [4.78, 5) is 19.0. The number of nitrogens with zero attached hydrogens (tertiary/aromatic N) is 1. The van der Waals surface area contributed by atoms with Gasteiger partial charge >= 0.3 is 0 Å². The van der Waals surface area contributed by atoms with Gasteiger partial charge in [0.1, 0.15) is 0 Å². The molecule has 0 saturated carbocycles. The number of nitrogens with one attached hydrogen (secondary N) is 1. The lowest BCUT2D eigenvalue weighted by Crippen LogP contribution is -2.12. The van der Waals surface area contributed by atoms with Gasteiger partial charge in [-0.1, -0.05) is 29.3 Å². The van der Waals surface area contributed by atoms with E-state index in [4.69, 9.17) is 23.2 Å². The fourth-order valence-electron chi connectivity index (χ4n) is 1.89. The topological polar surface area (TPSA) is 42.0 Å². The molecule has 3 rings (SSSR count). The van der Waals surface area contributed by atoms with E-state index in [0.29, 0.717) is 15.2 Å². The molecule has 1 N–H and O–H groups in total. The normalized spacial score (nSPS) is 10.7. The molecule has 2 heterocycles. The van der Waals surface area contributed by atoms with E-state index in [9.17, 15) is 4.79 Å². The maximum Gasteiger partial charge on any atom is 0.260 e. The minimum atomic E-state index is -0.362. The molecular weight excluding hydrogens is 359 g/mol. The number of halogens is 2. The molecule has 1 amide bonds. The van der Waals surface area contributed by atoms with Gasteiger partial charge in [-0.3, -0.25) is 10.1 Å². The maximum atomic E-state index is 12.3. The Bertz CT molecular complexity index is 821. The standard InChI is InChI=1S/C15H10Cl2N2OS2/c1-8-5-6-12(22-8)11-7-21-15(18-11)19-14(20)13-9(16)3-2-4-10(13)17/h2-7H,1H3,(H,18,19,20). The molecule has 0 spiro atoms. The van der Waals surface area contributed by atoms with Crippen molar-refractivity contribution in [3.05, 3.63) is 56.2 Å². The number of thiophene rings is 1. The molecule has 2 aromatic heterocycles. The lowest BCUT2D eigenvalue weighted by Gasteiger charge is -2.05. The smallest absolute Gasteiger partial charge is 0.260 e. The van der Waals surface area contributed by atoms with E-state index in [1.165, 1.54) is 16.2 Å². The number of aryl methyl sites for hydroxylation is 1. The van der Waals surface area contributed by atoms with E-state index < -0.39 is 0 Å². The Morgan fingerprint density at radius 3 is 2.55 bits per heavy atom. The van der Waals surface area contributed by atoms with Crippen LogP contribution in [0.15, 0.2) is 35.7 Å². The van der Waals surface area contributed by atoms with Crippen LogP contribution in [0.5, 0.6) is 0 Å². The van der Waals surface area contributed by atoms with E-state index in [0.717, 1.165) is 10.6 Å². The molecule has 3 nitrogen and oxygen atoms in total. The van der Waals surface area contributed by atoms with E-state index in [1.807, 2.05) is 24.4 Å². The quantitative estimate of drug-likeness (QED) is 0.640. The largest absolute Gasteiger partial charge is 0.298 e. The second kappa shape index (κ2) is 6.38. The van der Waals surface area contributed by atoms with Gasteiger partial charge in [-0.2, -0.15) is 0 Å². The molecule has 1 aromatic carbocycles. The number of hydrogen-bond acceptors (Lipinski definition) is 4. The van der Waals surface area contributed by atoms with Crippen LogP contribution in [0.25, 0.3) is 10.6 Å². The summed E-state index contributed by atoms with van der Waals surface area (Å²) in [6.07, 6.45) is 0. The zero-order chi connectivity index (χ0) is 15.7. The maximum absolute atomic E-state index is 12.3. The number of rotatable bonds is 3. The van der Waals surface area contributed by atoms with Gasteiger partial charge in [0.15, 0.2) is 5.13 Å². The van der Waals surface area contributed by atoms with Crippen LogP contribution in [0.4, 0.5) is 5.13 Å². The monoisotopic (exact) mass is 368 g/mol. The SMILES string of the molecule is Cc1ccc(-c2csc(NC(=O)c3c(Cl)cccc3Cl)n2)s1. The highest BCUT2D eigenvalue weighted by Gasteiger charge is 2.16. The van der Waals surface area contributed by atoms with Crippen molar-refractivity contribution in [1.82, 2.24) is 4.98 Å². The number of carbonyl (C=O) groups is 1. The highest BCUT2D eigenvalue weighted by atomic mass is 35.5. The molecule has 0 atom stereocenters. The number of aromatic nitrogens is 1. The van der Waals surface area contributed by atoms with Crippen molar-refractivity contribution < 1.29 is 4.79 Å². The molecule has 3 aromatic rings. The lowest BCUT2D eigenvalue weighted by molar-refractivity contribution is 0.102. The minimum absolute atomic E-state index is 0.259. The van der Waals surface area contributed by atoms with Gasteiger partial charge in [0.05, 0.1) is 26.2 Å². The zero-order valence-electron chi connectivity index (χ0n) is 11.4. The molecule has 0 bridgehead atoms. The molecule has 0 fully saturated rings. The van der Waals surface area contributed by atoms with Crippen molar-refractivity contribution in [2.24, 2.45) is 0 Å². The molecular formula is C15H10Cl2N2OS2. The van der Waals surface area contributed by atoms with Crippen LogP contribution in [0, 0.1) is 6.92 Å². The van der Waals surface area contributed by atoms with Crippen molar-refractivity contribution in [1.29, 1.82) is 0 Å². The molecule has 0 aliphatic carbocycles. The Kier molecular flexibility index (Phi) is 4.49. The van der Waals surface area contributed by atoms with Crippen LogP contribution < -0.4 is 5.32 Å². The van der Waals surface area contributed by atoms with E-state index >= 15 is 0 Å². The van der Waals surface area contributed by atoms with Crippen molar-refractivity contribution in [3.63, 3.8) is 0 Å². The van der Waals surface area contributed by atoms with Crippen LogP contribution >= 0.6 is 45.9 Å². The Morgan fingerprint density at radius 2 is 1.91 bits per heavy atom. The number of thiazole rings is 1. The van der Waals surface area contributed by atoms with Crippen LogP contribution in [0.3, 0.4) is 0 Å². The highest BCUT2D eigenvalue weighted by molar-refractivity contribution is 7.17. The van der Waals surface area contributed by atoms with Crippen LogP contribution in [-0.4, -0.2) is 10.9 Å². The fraction of sp³-hybridized carbons (Fsp3) is 0.0667. The summed E-state index contributed by atoms with van der Waals surface area (Å²) in [5.74, 6) is -0.362. The van der Waals surface area contributed by atoms with E-state index in [2.05, 4.69) is 10.3 Å². The van der Waals surface area contributed by atoms with E-state index in [1.54, 1.807) is 29.5 Å². The number of amides is 1. The molecule has 0 aliphatic heterocycles. The molecule has 112 valence electrons. The summed E-state index contributed by atoms with van der Waals surface area (Å²) in [6.45, 7) is 2.04.